The molecule has 0 saturated heterocycles. The highest BCUT2D eigenvalue weighted by atomic mass is 79.9. The zero-order valence-electron chi connectivity index (χ0n) is 10.7. The minimum absolute atomic E-state index is 0.244. The van der Waals surface area contributed by atoms with Crippen molar-refractivity contribution in [1.82, 2.24) is 10.3 Å². The number of aromatic nitrogens is 1. The molecule has 0 fully saturated rings. The van der Waals surface area contributed by atoms with E-state index in [1.54, 1.807) is 0 Å². The molecule has 19 heavy (non-hydrogen) atoms. The largest absolute Gasteiger partial charge is 0.310 e. The first kappa shape index (κ1) is 14.5. The van der Waals surface area contributed by atoms with E-state index in [0.29, 0.717) is 0 Å². The maximum atomic E-state index is 6.04. The first-order chi connectivity index (χ1) is 9.20. The monoisotopic (exact) mass is 338 g/mol. The van der Waals surface area contributed by atoms with Crippen molar-refractivity contribution in [3.05, 3.63) is 63.3 Å². The van der Waals surface area contributed by atoms with Gasteiger partial charge in [0.15, 0.2) is 0 Å². The fraction of sp³-hybridized carbons (Fsp3) is 0.267. The molecule has 1 unspecified atom stereocenters. The number of benzene rings is 1. The van der Waals surface area contributed by atoms with E-state index in [-0.39, 0.29) is 6.04 Å². The van der Waals surface area contributed by atoms with Crippen LogP contribution in [0.4, 0.5) is 0 Å². The molecule has 2 aromatic rings. The van der Waals surface area contributed by atoms with Crippen LogP contribution in [0.25, 0.3) is 0 Å². The van der Waals surface area contributed by atoms with E-state index in [4.69, 9.17) is 11.6 Å². The Balaban J connectivity index is 2.21. The third-order valence-electron chi connectivity index (χ3n) is 2.94. The number of nitrogens with zero attached hydrogens (tertiary/aromatic N) is 1. The minimum atomic E-state index is 0.244. The lowest BCUT2D eigenvalue weighted by atomic mass is 10.0. The highest BCUT2D eigenvalue weighted by Gasteiger charge is 2.13. The third kappa shape index (κ3) is 4.03. The highest BCUT2D eigenvalue weighted by Crippen LogP contribution is 2.27. The molecule has 1 aromatic carbocycles. The molecular formula is C15H16BrClN2. The van der Waals surface area contributed by atoms with Crippen LogP contribution in [-0.4, -0.2) is 11.5 Å². The summed E-state index contributed by atoms with van der Waals surface area (Å²) in [7, 11) is 0. The topological polar surface area (TPSA) is 24.9 Å². The number of hydrogen-bond acceptors (Lipinski definition) is 2. The minimum Gasteiger partial charge on any atom is -0.310 e. The Hall–Kier alpha value is -0.900. The van der Waals surface area contributed by atoms with E-state index in [0.717, 1.165) is 28.2 Å². The fourth-order valence-corrected chi connectivity index (χ4v) is 2.53. The lowest BCUT2D eigenvalue weighted by Gasteiger charge is -2.18. The Kier molecular flexibility index (Phi) is 5.37. The molecule has 100 valence electrons. The first-order valence-corrected chi connectivity index (χ1v) is 7.46. The van der Waals surface area contributed by atoms with Crippen LogP contribution in [0, 0.1) is 0 Å². The second kappa shape index (κ2) is 7.04. The molecule has 0 radical (unpaired) electrons. The van der Waals surface area contributed by atoms with Crippen molar-refractivity contribution in [2.24, 2.45) is 0 Å². The molecule has 0 aliphatic rings. The van der Waals surface area contributed by atoms with Gasteiger partial charge in [-0.15, -0.1) is 0 Å². The van der Waals surface area contributed by atoms with Crippen LogP contribution in [0.1, 0.15) is 24.2 Å². The van der Waals surface area contributed by atoms with E-state index < -0.39 is 0 Å². The fourth-order valence-electron chi connectivity index (χ4n) is 2.01. The molecule has 0 saturated carbocycles. The maximum Gasteiger partial charge on any atom is 0.0548 e. The predicted octanol–water partition coefficient (Wildman–Crippen LogP) is 4.39. The summed E-state index contributed by atoms with van der Waals surface area (Å²) in [5.41, 5.74) is 2.29. The number of rotatable bonds is 5. The third-order valence-corrected chi connectivity index (χ3v) is 4.15. The smallest absolute Gasteiger partial charge is 0.0548 e. The van der Waals surface area contributed by atoms with Crippen LogP contribution in [0.3, 0.4) is 0 Å². The summed E-state index contributed by atoms with van der Waals surface area (Å²) in [6.45, 7) is 3.02. The van der Waals surface area contributed by atoms with Gasteiger partial charge in [0.25, 0.3) is 0 Å². The Bertz CT molecular complexity index is 531. The van der Waals surface area contributed by atoms with Crippen molar-refractivity contribution in [1.29, 1.82) is 0 Å². The van der Waals surface area contributed by atoms with Gasteiger partial charge in [-0.3, -0.25) is 4.98 Å². The van der Waals surface area contributed by atoms with Gasteiger partial charge in [-0.2, -0.15) is 0 Å². The summed E-state index contributed by atoms with van der Waals surface area (Å²) in [6.07, 6.45) is 2.69. The van der Waals surface area contributed by atoms with Crippen LogP contribution >= 0.6 is 27.5 Å². The molecule has 2 rings (SSSR count). The van der Waals surface area contributed by atoms with Crippen LogP contribution < -0.4 is 5.32 Å². The zero-order chi connectivity index (χ0) is 13.7. The number of halogens is 2. The molecule has 1 atom stereocenters. The summed E-state index contributed by atoms with van der Waals surface area (Å²) in [5, 5.41) is 4.22. The molecule has 0 aliphatic heterocycles. The Morgan fingerprint density at radius 2 is 2.16 bits per heavy atom. The molecule has 1 aromatic heterocycles. The standard InChI is InChI=1S/C15H16BrClN2/c1-2-18-15(10-12-5-3-4-8-19-12)11-6-7-14(17)13(16)9-11/h3-9,15,18H,2,10H2,1H3. The van der Waals surface area contributed by atoms with Gasteiger partial charge in [0, 0.05) is 28.8 Å². The Morgan fingerprint density at radius 3 is 2.79 bits per heavy atom. The summed E-state index contributed by atoms with van der Waals surface area (Å²) in [6, 6.07) is 12.3. The number of nitrogens with one attached hydrogen (secondary N) is 1. The summed E-state index contributed by atoms with van der Waals surface area (Å²) in [5.74, 6) is 0. The van der Waals surface area contributed by atoms with Gasteiger partial charge in [-0.25, -0.2) is 0 Å². The second-order valence-corrected chi connectivity index (χ2v) is 5.57. The highest BCUT2D eigenvalue weighted by molar-refractivity contribution is 9.10. The predicted molar refractivity (Wildman–Crippen MR) is 83.5 cm³/mol. The average Bonchev–Trinajstić information content (AvgIpc) is 2.43. The SMILES string of the molecule is CCNC(Cc1ccccn1)c1ccc(Cl)c(Br)c1. The number of pyridine rings is 1. The van der Waals surface area contributed by atoms with Crippen LogP contribution in [0.2, 0.25) is 5.02 Å². The van der Waals surface area contributed by atoms with Crippen LogP contribution in [-0.2, 0) is 6.42 Å². The summed E-state index contributed by atoms with van der Waals surface area (Å²) < 4.78 is 0.926. The molecule has 0 bridgehead atoms. The quantitative estimate of drug-likeness (QED) is 0.874. The maximum absolute atomic E-state index is 6.04. The Morgan fingerprint density at radius 1 is 1.32 bits per heavy atom. The molecule has 0 spiro atoms. The molecule has 1 N–H and O–H groups in total. The van der Waals surface area contributed by atoms with Crippen molar-refractivity contribution in [2.45, 2.75) is 19.4 Å². The van der Waals surface area contributed by atoms with Crippen molar-refractivity contribution >= 4 is 27.5 Å². The van der Waals surface area contributed by atoms with Gasteiger partial charge >= 0.3 is 0 Å². The molecular weight excluding hydrogens is 324 g/mol. The van der Waals surface area contributed by atoms with Crippen molar-refractivity contribution in [3.8, 4) is 0 Å². The second-order valence-electron chi connectivity index (χ2n) is 4.31. The molecule has 0 amide bonds. The van der Waals surface area contributed by atoms with Gasteiger partial charge in [0.1, 0.15) is 0 Å². The van der Waals surface area contributed by atoms with Crippen LogP contribution in [0.15, 0.2) is 47.1 Å². The van der Waals surface area contributed by atoms with Gasteiger partial charge in [0.05, 0.1) is 5.02 Å². The van der Waals surface area contributed by atoms with Gasteiger partial charge in [-0.1, -0.05) is 30.7 Å². The number of likely N-dealkylation sites (N-methyl/N-ethyl adjacent to an activating group) is 1. The average molecular weight is 340 g/mol. The van der Waals surface area contributed by atoms with Crippen molar-refractivity contribution in [3.63, 3.8) is 0 Å². The van der Waals surface area contributed by atoms with Crippen molar-refractivity contribution < 1.29 is 0 Å². The lowest BCUT2D eigenvalue weighted by Crippen LogP contribution is -2.23. The summed E-state index contributed by atoms with van der Waals surface area (Å²) in [4.78, 5) is 4.39. The summed E-state index contributed by atoms with van der Waals surface area (Å²) >= 11 is 9.52. The number of hydrogen-bond donors (Lipinski definition) is 1. The molecule has 4 heteroatoms. The molecule has 1 heterocycles. The van der Waals surface area contributed by atoms with E-state index >= 15 is 0 Å². The van der Waals surface area contributed by atoms with E-state index in [1.165, 1.54) is 5.56 Å². The van der Waals surface area contributed by atoms with Crippen LogP contribution in [0.5, 0.6) is 0 Å². The van der Waals surface area contributed by atoms with E-state index in [9.17, 15) is 0 Å². The Labute approximate surface area is 127 Å². The first-order valence-electron chi connectivity index (χ1n) is 6.29. The molecule has 2 nitrogen and oxygen atoms in total. The van der Waals surface area contributed by atoms with Gasteiger partial charge < -0.3 is 5.32 Å². The zero-order valence-corrected chi connectivity index (χ0v) is 13.1. The van der Waals surface area contributed by atoms with Gasteiger partial charge in [-0.05, 0) is 52.3 Å². The van der Waals surface area contributed by atoms with Crippen molar-refractivity contribution in [2.75, 3.05) is 6.54 Å². The molecule has 0 aliphatic carbocycles. The lowest BCUT2D eigenvalue weighted by molar-refractivity contribution is 0.544. The van der Waals surface area contributed by atoms with Gasteiger partial charge in [0.2, 0.25) is 0 Å². The normalized spacial score (nSPS) is 12.4. The van der Waals surface area contributed by atoms with E-state index in [1.807, 2.05) is 24.4 Å². The van der Waals surface area contributed by atoms with E-state index in [2.05, 4.69) is 51.4 Å².